The lowest BCUT2D eigenvalue weighted by molar-refractivity contribution is -0.127. The minimum atomic E-state index is -0.374. The van der Waals surface area contributed by atoms with Crippen molar-refractivity contribution in [2.45, 2.75) is 6.54 Å². The zero-order valence-corrected chi connectivity index (χ0v) is 17.9. The van der Waals surface area contributed by atoms with Crippen LogP contribution in [0.25, 0.3) is 0 Å². The number of amides is 1. The Labute approximate surface area is 171 Å². The molecule has 1 aromatic carbocycles. The van der Waals surface area contributed by atoms with Gasteiger partial charge in [0, 0.05) is 27.7 Å². The number of likely N-dealkylation sites (N-methyl/N-ethyl adjacent to an activating group) is 1. The van der Waals surface area contributed by atoms with Crippen molar-refractivity contribution in [2.75, 3.05) is 48.0 Å². The number of ether oxygens (including phenoxy) is 2. The van der Waals surface area contributed by atoms with E-state index in [0.717, 1.165) is 5.56 Å². The van der Waals surface area contributed by atoms with Crippen LogP contribution < -0.4 is 10.6 Å². The van der Waals surface area contributed by atoms with Gasteiger partial charge in [-0.05, 0) is 17.7 Å². The van der Waals surface area contributed by atoms with Crippen molar-refractivity contribution >= 4 is 41.8 Å². The van der Waals surface area contributed by atoms with E-state index >= 15 is 0 Å². The maximum Gasteiger partial charge on any atom is 0.337 e. The molecular weight excluding hydrogens is 451 g/mol. The third kappa shape index (κ3) is 8.99. The van der Waals surface area contributed by atoms with E-state index in [1.165, 1.54) is 12.0 Å². The lowest BCUT2D eigenvalue weighted by atomic mass is 10.1. The molecule has 8 nitrogen and oxygen atoms in total. The fraction of sp³-hybridized carbons (Fsp3) is 0.471. The van der Waals surface area contributed by atoms with Crippen LogP contribution in [0.1, 0.15) is 15.9 Å². The van der Waals surface area contributed by atoms with Gasteiger partial charge in [-0.1, -0.05) is 12.1 Å². The lowest BCUT2D eigenvalue weighted by Gasteiger charge is -2.14. The molecule has 0 fully saturated rings. The first kappa shape index (κ1) is 24.1. The quantitative estimate of drug-likeness (QED) is 0.189. The Kier molecular flexibility index (Phi) is 12.4. The molecule has 0 unspecified atom stereocenters. The SMILES string of the molecule is COCCNC(=NCc1ccc(C(=O)OC)cc1)NCC(=O)N(C)C.I. The van der Waals surface area contributed by atoms with Gasteiger partial charge in [-0.15, -0.1) is 24.0 Å². The van der Waals surface area contributed by atoms with Crippen LogP contribution >= 0.6 is 24.0 Å². The van der Waals surface area contributed by atoms with Gasteiger partial charge in [0.15, 0.2) is 5.96 Å². The summed E-state index contributed by atoms with van der Waals surface area (Å²) in [6, 6.07) is 7.01. The number of nitrogens with one attached hydrogen (secondary N) is 2. The Bertz CT molecular complexity index is 591. The highest BCUT2D eigenvalue weighted by Gasteiger charge is 2.07. The first-order chi connectivity index (χ1) is 12.0. The minimum absolute atomic E-state index is 0. The molecule has 2 N–H and O–H groups in total. The summed E-state index contributed by atoms with van der Waals surface area (Å²) in [7, 11) is 6.35. The fourth-order valence-electron chi connectivity index (χ4n) is 1.80. The van der Waals surface area contributed by atoms with Crippen molar-refractivity contribution in [1.82, 2.24) is 15.5 Å². The Balaban J connectivity index is 0.00000625. The lowest BCUT2D eigenvalue weighted by Crippen LogP contribution is -2.43. The number of methoxy groups -OCH3 is 2. The minimum Gasteiger partial charge on any atom is -0.465 e. The molecule has 0 radical (unpaired) electrons. The number of rotatable bonds is 8. The van der Waals surface area contributed by atoms with Crippen molar-refractivity contribution in [1.29, 1.82) is 0 Å². The Morgan fingerprint density at radius 2 is 1.77 bits per heavy atom. The second kappa shape index (κ2) is 13.3. The van der Waals surface area contributed by atoms with E-state index in [-0.39, 0.29) is 42.4 Å². The van der Waals surface area contributed by atoms with Crippen molar-refractivity contribution in [2.24, 2.45) is 4.99 Å². The number of guanidine groups is 1. The third-order valence-electron chi connectivity index (χ3n) is 3.30. The highest BCUT2D eigenvalue weighted by atomic mass is 127. The van der Waals surface area contributed by atoms with Gasteiger partial charge in [0.2, 0.25) is 5.91 Å². The largest absolute Gasteiger partial charge is 0.465 e. The van der Waals surface area contributed by atoms with Crippen LogP contribution in [0.5, 0.6) is 0 Å². The number of carbonyl (C=O) groups excluding carboxylic acids is 2. The third-order valence-corrected chi connectivity index (χ3v) is 3.30. The first-order valence-electron chi connectivity index (χ1n) is 7.86. The Morgan fingerprint density at radius 1 is 1.12 bits per heavy atom. The molecule has 0 bridgehead atoms. The van der Waals surface area contributed by atoms with Gasteiger partial charge < -0.3 is 25.0 Å². The molecular formula is C17H27IN4O4. The molecule has 0 aliphatic carbocycles. The highest BCUT2D eigenvalue weighted by Crippen LogP contribution is 2.06. The predicted octanol–water partition coefficient (Wildman–Crippen LogP) is 0.861. The highest BCUT2D eigenvalue weighted by molar-refractivity contribution is 14.0. The second-order valence-corrected chi connectivity index (χ2v) is 5.41. The molecule has 0 saturated carbocycles. The van der Waals surface area contributed by atoms with Gasteiger partial charge in [-0.3, -0.25) is 4.79 Å². The molecule has 0 atom stereocenters. The number of hydrogen-bond acceptors (Lipinski definition) is 5. The van der Waals surface area contributed by atoms with Crippen molar-refractivity contribution in [3.63, 3.8) is 0 Å². The normalized spacial score (nSPS) is 10.5. The van der Waals surface area contributed by atoms with Crippen molar-refractivity contribution in [3.8, 4) is 0 Å². The summed E-state index contributed by atoms with van der Waals surface area (Å²) in [6.45, 7) is 1.64. The average Bonchev–Trinajstić information content (AvgIpc) is 2.62. The van der Waals surface area contributed by atoms with Gasteiger partial charge in [0.1, 0.15) is 0 Å². The number of carbonyl (C=O) groups is 2. The molecule has 26 heavy (non-hydrogen) atoms. The molecule has 0 aromatic heterocycles. The number of halogens is 1. The summed E-state index contributed by atoms with van der Waals surface area (Å²) in [5, 5.41) is 6.08. The van der Waals surface area contributed by atoms with E-state index in [2.05, 4.69) is 20.4 Å². The average molecular weight is 478 g/mol. The van der Waals surface area contributed by atoms with E-state index in [0.29, 0.717) is 31.2 Å². The number of hydrogen-bond donors (Lipinski definition) is 2. The van der Waals surface area contributed by atoms with Crippen LogP contribution in [0.3, 0.4) is 0 Å². The van der Waals surface area contributed by atoms with E-state index < -0.39 is 0 Å². The van der Waals surface area contributed by atoms with Gasteiger partial charge >= 0.3 is 5.97 Å². The van der Waals surface area contributed by atoms with Gasteiger partial charge in [0.25, 0.3) is 0 Å². The molecule has 1 rings (SSSR count). The maximum atomic E-state index is 11.7. The number of benzene rings is 1. The van der Waals surface area contributed by atoms with E-state index in [1.54, 1.807) is 33.3 Å². The monoisotopic (exact) mass is 478 g/mol. The number of esters is 1. The second-order valence-electron chi connectivity index (χ2n) is 5.41. The van der Waals surface area contributed by atoms with Gasteiger partial charge in [-0.2, -0.15) is 0 Å². The first-order valence-corrected chi connectivity index (χ1v) is 7.86. The molecule has 1 aromatic rings. The van der Waals surface area contributed by atoms with Crippen LogP contribution in [0.2, 0.25) is 0 Å². The summed E-state index contributed by atoms with van der Waals surface area (Å²) in [4.78, 5) is 29.1. The summed E-state index contributed by atoms with van der Waals surface area (Å²) in [6.07, 6.45) is 0. The van der Waals surface area contributed by atoms with Crippen LogP contribution in [0.4, 0.5) is 0 Å². The number of aliphatic imine (C=N–C) groups is 1. The molecule has 0 heterocycles. The Hall–Kier alpha value is -1.88. The van der Waals surface area contributed by atoms with Gasteiger partial charge in [0.05, 0.1) is 32.4 Å². The van der Waals surface area contributed by atoms with Crippen LogP contribution in [0.15, 0.2) is 29.3 Å². The van der Waals surface area contributed by atoms with E-state index in [4.69, 9.17) is 4.74 Å². The smallest absolute Gasteiger partial charge is 0.337 e. The molecule has 146 valence electrons. The molecule has 0 spiro atoms. The number of nitrogens with zero attached hydrogens (tertiary/aromatic N) is 2. The van der Waals surface area contributed by atoms with Crippen LogP contribution in [0, 0.1) is 0 Å². The topological polar surface area (TPSA) is 92.3 Å². The van der Waals surface area contributed by atoms with Crippen molar-refractivity contribution < 1.29 is 19.1 Å². The molecule has 0 aliphatic rings. The summed E-state index contributed by atoms with van der Waals surface area (Å²) in [5.74, 6) is 0.0915. The summed E-state index contributed by atoms with van der Waals surface area (Å²) < 4.78 is 9.67. The zero-order chi connectivity index (χ0) is 18.7. The van der Waals surface area contributed by atoms with Gasteiger partial charge in [-0.25, -0.2) is 9.79 Å². The summed E-state index contributed by atoms with van der Waals surface area (Å²) >= 11 is 0. The Morgan fingerprint density at radius 3 is 2.31 bits per heavy atom. The van der Waals surface area contributed by atoms with E-state index in [9.17, 15) is 9.59 Å². The van der Waals surface area contributed by atoms with Crippen molar-refractivity contribution in [3.05, 3.63) is 35.4 Å². The summed E-state index contributed by atoms with van der Waals surface area (Å²) in [5.41, 5.74) is 1.42. The standard InChI is InChI=1S/C17H26N4O4.HI/c1-21(2)15(22)12-20-17(18-9-10-24-3)19-11-13-5-7-14(8-6-13)16(23)25-4;/h5-8H,9-12H2,1-4H3,(H2,18,19,20);1H. The molecule has 0 aliphatic heterocycles. The molecule has 9 heteroatoms. The van der Waals surface area contributed by atoms with E-state index in [1.807, 2.05) is 12.1 Å². The zero-order valence-electron chi connectivity index (χ0n) is 15.6. The van der Waals surface area contributed by atoms with Crippen LogP contribution in [-0.2, 0) is 20.8 Å². The maximum absolute atomic E-state index is 11.7. The predicted molar refractivity (Wildman–Crippen MR) is 111 cm³/mol. The van der Waals surface area contributed by atoms with Crippen LogP contribution in [-0.4, -0.2) is 70.7 Å². The fourth-order valence-corrected chi connectivity index (χ4v) is 1.80. The molecule has 0 saturated heterocycles. The molecule has 1 amide bonds.